The molecule has 0 rings (SSSR count). The Balaban J connectivity index is 5.35. The summed E-state index contributed by atoms with van der Waals surface area (Å²) in [6.45, 7) is 4.84. The number of ether oxygens (including phenoxy) is 4. The van der Waals surface area contributed by atoms with Gasteiger partial charge in [0.1, 0.15) is 19.3 Å². The van der Waals surface area contributed by atoms with E-state index in [0.717, 1.165) is 141 Å². The summed E-state index contributed by atoms with van der Waals surface area (Å²) in [6, 6.07) is 0. The monoisotopic (exact) mass is 1430 g/mol. The molecule has 0 bridgehead atoms. The Morgan fingerprint density at radius 2 is 0.531 bits per heavy atom. The van der Waals surface area contributed by atoms with Crippen molar-refractivity contribution in [2.24, 2.45) is 0 Å². The predicted octanol–water partition coefficient (Wildman–Crippen LogP) is 22.7. The van der Waals surface area contributed by atoms with Crippen molar-refractivity contribution in [1.82, 2.24) is 0 Å². The zero-order valence-electron chi connectivity index (χ0n) is 62.5. The molecular formula is C79H144O17P2. The second-order valence-electron chi connectivity index (χ2n) is 26.7. The van der Waals surface area contributed by atoms with Crippen LogP contribution in [0.4, 0.5) is 0 Å². The maximum atomic E-state index is 13.1. The fraction of sp³-hybridized carbons (Fsp3) is 0.823. The molecule has 572 valence electrons. The normalized spacial score (nSPS) is 14.2. The molecule has 3 N–H and O–H groups in total. The van der Waals surface area contributed by atoms with Crippen molar-refractivity contribution in [3.63, 3.8) is 0 Å². The fourth-order valence-corrected chi connectivity index (χ4v) is 12.5. The number of phosphoric ester groups is 2. The molecule has 19 heteroatoms. The average Bonchev–Trinajstić information content (AvgIpc) is 1.05. The first-order valence-electron chi connectivity index (χ1n) is 39.5. The summed E-state index contributed by atoms with van der Waals surface area (Å²) in [4.78, 5) is 72.9. The van der Waals surface area contributed by atoms with E-state index >= 15 is 0 Å². The number of aliphatic hydroxyl groups is 1. The molecule has 0 heterocycles. The highest BCUT2D eigenvalue weighted by Gasteiger charge is 2.30. The molecule has 0 fully saturated rings. The maximum absolute atomic E-state index is 13.1. The molecule has 0 saturated carbocycles. The lowest BCUT2D eigenvalue weighted by molar-refractivity contribution is -0.161. The van der Waals surface area contributed by atoms with Gasteiger partial charge in [-0.3, -0.25) is 37.3 Å². The zero-order valence-corrected chi connectivity index (χ0v) is 64.3. The smallest absolute Gasteiger partial charge is 0.462 e. The third-order valence-corrected chi connectivity index (χ3v) is 18.9. The highest BCUT2D eigenvalue weighted by molar-refractivity contribution is 7.47. The number of phosphoric acid groups is 2. The van der Waals surface area contributed by atoms with Crippen molar-refractivity contribution in [1.29, 1.82) is 0 Å². The molecule has 0 aliphatic carbocycles. The number of aliphatic hydroxyl groups excluding tert-OH is 1. The summed E-state index contributed by atoms with van der Waals surface area (Å²) >= 11 is 0. The van der Waals surface area contributed by atoms with Crippen molar-refractivity contribution in [3.05, 3.63) is 60.8 Å². The standard InChI is InChI=1S/C79H144O17P2/c1-5-9-13-17-21-25-29-33-36-40-44-48-52-56-60-64-77(82)90-70-75(96-79(84)66-62-58-54-50-46-42-38-35-31-27-23-19-15-11-7-3)72-94-98(87,88)92-68-73(80)67-91-97(85,86)93-71-74(69-89-76(81)63-59-55-51-47-43-39-32-28-24-20-16-12-8-4)95-78(83)65-61-57-53-49-45-41-37-34-30-26-22-18-14-10-6-2/h22,25-26,29,33-38,73-75,80H,5-21,23-24,27-28,30-32,39-72H2,1-4H3,(H,85,86)(H,87,88)/b26-22-,29-25-,36-33-,37-34-,38-35-/t73-,74+,75+/m0/s1. The van der Waals surface area contributed by atoms with Crippen molar-refractivity contribution in [2.75, 3.05) is 39.6 Å². The Morgan fingerprint density at radius 1 is 0.296 bits per heavy atom. The number of hydrogen-bond acceptors (Lipinski definition) is 15. The Kier molecular flexibility index (Phi) is 69.7. The first-order chi connectivity index (χ1) is 47.7. The van der Waals surface area contributed by atoms with E-state index in [1.54, 1.807) is 0 Å². The van der Waals surface area contributed by atoms with E-state index in [1.807, 2.05) is 0 Å². The topological polar surface area (TPSA) is 237 Å². The summed E-state index contributed by atoms with van der Waals surface area (Å²) in [5.74, 6) is -2.18. The largest absolute Gasteiger partial charge is 0.472 e. The molecule has 0 radical (unpaired) electrons. The van der Waals surface area contributed by atoms with Crippen LogP contribution in [-0.4, -0.2) is 96.7 Å². The predicted molar refractivity (Wildman–Crippen MR) is 400 cm³/mol. The van der Waals surface area contributed by atoms with E-state index in [-0.39, 0.29) is 25.7 Å². The van der Waals surface area contributed by atoms with Crippen LogP contribution in [0.15, 0.2) is 60.8 Å². The lowest BCUT2D eigenvalue weighted by atomic mass is 10.0. The van der Waals surface area contributed by atoms with Gasteiger partial charge in [-0.25, -0.2) is 9.13 Å². The van der Waals surface area contributed by atoms with Gasteiger partial charge in [0.05, 0.1) is 26.4 Å². The molecule has 0 aromatic heterocycles. The minimum Gasteiger partial charge on any atom is -0.462 e. The van der Waals surface area contributed by atoms with Gasteiger partial charge >= 0.3 is 39.5 Å². The van der Waals surface area contributed by atoms with Gasteiger partial charge < -0.3 is 33.8 Å². The third kappa shape index (κ3) is 71.2. The summed E-state index contributed by atoms with van der Waals surface area (Å²) in [7, 11) is -9.95. The molecule has 0 aliphatic heterocycles. The van der Waals surface area contributed by atoms with Crippen LogP contribution in [-0.2, 0) is 65.4 Å². The second kappa shape index (κ2) is 72.1. The molecule has 98 heavy (non-hydrogen) atoms. The summed E-state index contributed by atoms with van der Waals surface area (Å²) < 4.78 is 68.5. The van der Waals surface area contributed by atoms with Crippen LogP contribution in [0.2, 0.25) is 0 Å². The highest BCUT2D eigenvalue weighted by Crippen LogP contribution is 2.45. The fourth-order valence-electron chi connectivity index (χ4n) is 10.9. The summed E-state index contributed by atoms with van der Waals surface area (Å²) in [5.41, 5.74) is 0. The highest BCUT2D eigenvalue weighted by atomic mass is 31.2. The lowest BCUT2D eigenvalue weighted by Crippen LogP contribution is -2.30. The molecule has 0 aromatic carbocycles. The molecule has 2 unspecified atom stereocenters. The Bertz CT molecular complexity index is 2100. The van der Waals surface area contributed by atoms with Crippen molar-refractivity contribution in [2.45, 2.75) is 380 Å². The quantitative estimate of drug-likeness (QED) is 0.0128. The van der Waals surface area contributed by atoms with Gasteiger partial charge in [-0.2, -0.15) is 0 Å². The van der Waals surface area contributed by atoms with Crippen molar-refractivity contribution >= 4 is 39.5 Å². The van der Waals surface area contributed by atoms with Gasteiger partial charge in [0.15, 0.2) is 12.2 Å². The number of rotatable bonds is 75. The van der Waals surface area contributed by atoms with Crippen LogP contribution in [0.5, 0.6) is 0 Å². The van der Waals surface area contributed by atoms with Crippen LogP contribution in [0, 0.1) is 0 Å². The zero-order chi connectivity index (χ0) is 71.8. The van der Waals surface area contributed by atoms with Gasteiger partial charge in [0.25, 0.3) is 0 Å². The third-order valence-electron chi connectivity index (χ3n) is 17.0. The van der Waals surface area contributed by atoms with E-state index in [9.17, 15) is 43.2 Å². The first kappa shape index (κ1) is 94.8. The van der Waals surface area contributed by atoms with Crippen LogP contribution in [0.25, 0.3) is 0 Å². The number of carbonyl (C=O) groups is 4. The molecule has 0 amide bonds. The molecule has 0 spiro atoms. The second-order valence-corrected chi connectivity index (χ2v) is 29.6. The van der Waals surface area contributed by atoms with Gasteiger partial charge in [-0.05, 0) is 109 Å². The summed E-state index contributed by atoms with van der Waals surface area (Å²) in [6.07, 6.45) is 70.5. The molecule has 17 nitrogen and oxygen atoms in total. The van der Waals surface area contributed by atoms with E-state index in [4.69, 9.17) is 37.0 Å². The number of hydrogen-bond donors (Lipinski definition) is 3. The van der Waals surface area contributed by atoms with Gasteiger partial charge in [-0.1, -0.05) is 288 Å². The molecule has 0 saturated heterocycles. The Labute approximate surface area is 597 Å². The summed E-state index contributed by atoms with van der Waals surface area (Å²) in [5, 5.41) is 10.6. The Hall–Kier alpha value is -3.24. The van der Waals surface area contributed by atoms with Gasteiger partial charge in [0.2, 0.25) is 0 Å². The van der Waals surface area contributed by atoms with E-state index in [2.05, 4.69) is 88.5 Å². The van der Waals surface area contributed by atoms with Gasteiger partial charge in [-0.15, -0.1) is 0 Å². The number of allylic oxidation sites excluding steroid dienone is 10. The molecule has 5 atom stereocenters. The number of unbranched alkanes of at least 4 members (excludes halogenated alkanes) is 40. The number of esters is 4. The molecule has 0 aliphatic rings. The molecular weight excluding hydrogens is 1280 g/mol. The minimum absolute atomic E-state index is 0.0837. The van der Waals surface area contributed by atoms with E-state index in [0.29, 0.717) is 25.7 Å². The van der Waals surface area contributed by atoms with Crippen molar-refractivity contribution in [3.8, 4) is 0 Å². The Morgan fingerprint density at radius 3 is 0.857 bits per heavy atom. The number of carbonyl (C=O) groups excluding carboxylic acids is 4. The molecule has 0 aromatic rings. The SMILES string of the molecule is CCCCC/C=C\C/C=C\CCCCCCCC(=O)O[C@H](COC(=O)CCCCCCCCCCCCCCC)COP(=O)(O)OC[C@H](O)COP(=O)(O)OC[C@@H](COC(=O)CCCCCCC/C=C\C=C/CCCCCC)OC(=O)CCCCCCC/C=C\CCCCCCCC. The van der Waals surface area contributed by atoms with Crippen LogP contribution < -0.4 is 0 Å². The van der Waals surface area contributed by atoms with Crippen molar-refractivity contribution < 1.29 is 80.2 Å². The average molecular weight is 1430 g/mol. The van der Waals surface area contributed by atoms with Crippen LogP contribution >= 0.6 is 15.6 Å². The lowest BCUT2D eigenvalue weighted by Gasteiger charge is -2.21. The maximum Gasteiger partial charge on any atom is 0.472 e. The van der Waals surface area contributed by atoms with Crippen LogP contribution in [0.3, 0.4) is 0 Å². The first-order valence-corrected chi connectivity index (χ1v) is 42.5. The van der Waals surface area contributed by atoms with E-state index in [1.165, 1.54) is 141 Å². The van der Waals surface area contributed by atoms with E-state index < -0.39 is 97.5 Å². The van der Waals surface area contributed by atoms with Crippen LogP contribution in [0.1, 0.15) is 362 Å². The van der Waals surface area contributed by atoms with Gasteiger partial charge in [0, 0.05) is 25.7 Å². The minimum atomic E-state index is -4.97.